The summed E-state index contributed by atoms with van der Waals surface area (Å²) in [6, 6.07) is 6.96. The van der Waals surface area contributed by atoms with Crippen LogP contribution in [0.1, 0.15) is 56.8 Å². The molecule has 19 heavy (non-hydrogen) atoms. The summed E-state index contributed by atoms with van der Waals surface area (Å²) in [5.74, 6) is 0. The van der Waals surface area contributed by atoms with Gasteiger partial charge in [0.2, 0.25) is 0 Å². The first-order valence-corrected chi connectivity index (χ1v) is 7.43. The fourth-order valence-corrected chi connectivity index (χ4v) is 2.55. The van der Waals surface area contributed by atoms with Crippen molar-refractivity contribution in [1.82, 2.24) is 5.32 Å². The van der Waals surface area contributed by atoms with Crippen molar-refractivity contribution in [2.75, 3.05) is 13.2 Å². The van der Waals surface area contributed by atoms with E-state index in [-0.39, 0.29) is 11.6 Å². The summed E-state index contributed by atoms with van der Waals surface area (Å²) >= 11 is 0. The Kier molecular flexibility index (Phi) is 6.02. The molecule has 0 aromatic heterocycles. The Morgan fingerprint density at radius 2 is 1.84 bits per heavy atom. The van der Waals surface area contributed by atoms with Gasteiger partial charge in [-0.25, -0.2) is 0 Å². The summed E-state index contributed by atoms with van der Waals surface area (Å²) in [6.45, 7) is 14.6. The molecule has 2 unspecified atom stereocenters. The highest BCUT2D eigenvalue weighted by Gasteiger charge is 2.34. The normalized spacial score (nSPS) is 16.1. The molecule has 0 saturated heterocycles. The second kappa shape index (κ2) is 7.06. The van der Waals surface area contributed by atoms with E-state index in [1.807, 2.05) is 0 Å². The average molecular weight is 263 g/mol. The van der Waals surface area contributed by atoms with Crippen molar-refractivity contribution in [2.45, 2.75) is 59.6 Å². The van der Waals surface area contributed by atoms with E-state index in [2.05, 4.69) is 65.1 Å². The highest BCUT2D eigenvalue weighted by Crippen LogP contribution is 2.33. The molecule has 2 heteroatoms. The summed E-state index contributed by atoms with van der Waals surface area (Å²) in [6.07, 6.45) is 0.991. The van der Waals surface area contributed by atoms with Crippen LogP contribution >= 0.6 is 0 Å². The second-order valence-corrected chi connectivity index (χ2v) is 5.43. The Bertz CT molecular complexity index is 402. The third-order valence-electron chi connectivity index (χ3n) is 4.06. The summed E-state index contributed by atoms with van der Waals surface area (Å²) in [5, 5.41) is 3.60. The van der Waals surface area contributed by atoms with Crippen molar-refractivity contribution in [3.63, 3.8) is 0 Å². The second-order valence-electron chi connectivity index (χ2n) is 5.43. The standard InChI is InChI=1S/C17H29NO/c1-7-17(6,19-9-3)16(18-8-2)15-11-10-13(4)14(5)12-15/h10-12,16,18H,7-9H2,1-6H3. The molecule has 1 rings (SSSR count). The summed E-state index contributed by atoms with van der Waals surface area (Å²) in [4.78, 5) is 0. The monoisotopic (exact) mass is 263 g/mol. The molecule has 2 nitrogen and oxygen atoms in total. The van der Waals surface area contributed by atoms with Gasteiger partial charge in [-0.2, -0.15) is 0 Å². The molecule has 0 spiro atoms. The SMILES string of the molecule is CCNC(c1ccc(C)c(C)c1)C(C)(CC)OCC. The van der Waals surface area contributed by atoms with Gasteiger partial charge >= 0.3 is 0 Å². The van der Waals surface area contributed by atoms with Gasteiger partial charge in [0.1, 0.15) is 0 Å². The number of hydrogen-bond acceptors (Lipinski definition) is 2. The van der Waals surface area contributed by atoms with Crippen molar-refractivity contribution in [3.8, 4) is 0 Å². The smallest absolute Gasteiger partial charge is 0.0845 e. The summed E-state index contributed by atoms with van der Waals surface area (Å²) in [5.41, 5.74) is 3.85. The fourth-order valence-electron chi connectivity index (χ4n) is 2.55. The van der Waals surface area contributed by atoms with E-state index < -0.39 is 0 Å². The van der Waals surface area contributed by atoms with E-state index >= 15 is 0 Å². The highest BCUT2D eigenvalue weighted by atomic mass is 16.5. The van der Waals surface area contributed by atoms with Crippen molar-refractivity contribution in [3.05, 3.63) is 34.9 Å². The van der Waals surface area contributed by atoms with E-state index in [9.17, 15) is 0 Å². The molecule has 0 fully saturated rings. The largest absolute Gasteiger partial charge is 0.374 e. The molecule has 108 valence electrons. The molecule has 0 bridgehead atoms. The molecule has 1 aromatic carbocycles. The molecule has 0 radical (unpaired) electrons. The number of nitrogens with one attached hydrogen (secondary N) is 1. The van der Waals surface area contributed by atoms with Crippen LogP contribution in [0.5, 0.6) is 0 Å². The maximum atomic E-state index is 6.06. The number of benzene rings is 1. The van der Waals surface area contributed by atoms with Gasteiger partial charge in [0.05, 0.1) is 11.6 Å². The van der Waals surface area contributed by atoms with E-state index in [4.69, 9.17) is 4.74 Å². The molecule has 0 amide bonds. The van der Waals surface area contributed by atoms with Crippen LogP contribution in [0, 0.1) is 13.8 Å². The van der Waals surface area contributed by atoms with Gasteiger partial charge in [-0.1, -0.05) is 32.0 Å². The molecular weight excluding hydrogens is 234 g/mol. The Hall–Kier alpha value is -0.860. The number of ether oxygens (including phenoxy) is 1. The zero-order valence-corrected chi connectivity index (χ0v) is 13.3. The van der Waals surface area contributed by atoms with Gasteiger partial charge in [-0.15, -0.1) is 0 Å². The van der Waals surface area contributed by atoms with Crippen LogP contribution in [0.2, 0.25) is 0 Å². The van der Waals surface area contributed by atoms with E-state index in [1.165, 1.54) is 16.7 Å². The van der Waals surface area contributed by atoms with Crippen LogP contribution < -0.4 is 5.32 Å². The molecule has 0 heterocycles. The molecular formula is C17H29NO. The average Bonchev–Trinajstić information content (AvgIpc) is 2.39. The maximum Gasteiger partial charge on any atom is 0.0845 e. The summed E-state index contributed by atoms with van der Waals surface area (Å²) in [7, 11) is 0. The first-order valence-electron chi connectivity index (χ1n) is 7.43. The van der Waals surface area contributed by atoms with Crippen LogP contribution in [0.25, 0.3) is 0 Å². The molecule has 0 saturated carbocycles. The lowest BCUT2D eigenvalue weighted by atomic mass is 9.86. The van der Waals surface area contributed by atoms with Crippen LogP contribution in [-0.4, -0.2) is 18.8 Å². The maximum absolute atomic E-state index is 6.06. The first-order chi connectivity index (χ1) is 8.98. The molecule has 0 aliphatic heterocycles. The number of likely N-dealkylation sites (N-methyl/N-ethyl adjacent to an activating group) is 1. The molecule has 2 atom stereocenters. The first kappa shape index (κ1) is 16.2. The van der Waals surface area contributed by atoms with Crippen molar-refractivity contribution in [1.29, 1.82) is 0 Å². The molecule has 0 aliphatic rings. The number of rotatable bonds is 7. The van der Waals surface area contributed by atoms with E-state index in [0.29, 0.717) is 0 Å². The summed E-state index contributed by atoms with van der Waals surface area (Å²) < 4.78 is 6.06. The third-order valence-corrected chi connectivity index (χ3v) is 4.06. The van der Waals surface area contributed by atoms with Crippen LogP contribution in [-0.2, 0) is 4.74 Å². The molecule has 1 N–H and O–H groups in total. The zero-order chi connectivity index (χ0) is 14.5. The van der Waals surface area contributed by atoms with Gasteiger partial charge in [0.25, 0.3) is 0 Å². The predicted molar refractivity (Wildman–Crippen MR) is 82.7 cm³/mol. The zero-order valence-electron chi connectivity index (χ0n) is 13.3. The van der Waals surface area contributed by atoms with Gasteiger partial charge in [-0.05, 0) is 57.4 Å². The van der Waals surface area contributed by atoms with Gasteiger partial charge < -0.3 is 10.1 Å². The van der Waals surface area contributed by atoms with Crippen molar-refractivity contribution >= 4 is 0 Å². The molecule has 1 aromatic rings. The number of aryl methyl sites for hydroxylation is 2. The topological polar surface area (TPSA) is 21.3 Å². The van der Waals surface area contributed by atoms with Crippen LogP contribution in [0.4, 0.5) is 0 Å². The van der Waals surface area contributed by atoms with Gasteiger partial charge in [0, 0.05) is 6.61 Å². The third kappa shape index (κ3) is 3.80. The van der Waals surface area contributed by atoms with Crippen LogP contribution in [0.3, 0.4) is 0 Å². The van der Waals surface area contributed by atoms with Gasteiger partial charge in [-0.3, -0.25) is 0 Å². The lowest BCUT2D eigenvalue weighted by Gasteiger charge is -2.38. The van der Waals surface area contributed by atoms with Crippen LogP contribution in [0.15, 0.2) is 18.2 Å². The van der Waals surface area contributed by atoms with Crippen molar-refractivity contribution in [2.24, 2.45) is 0 Å². The Labute approximate surface area is 118 Å². The lowest BCUT2D eigenvalue weighted by molar-refractivity contribution is -0.0560. The van der Waals surface area contributed by atoms with Gasteiger partial charge in [0.15, 0.2) is 0 Å². The quantitative estimate of drug-likeness (QED) is 0.797. The molecule has 0 aliphatic carbocycles. The Morgan fingerprint density at radius 1 is 1.16 bits per heavy atom. The Balaban J connectivity index is 3.14. The minimum atomic E-state index is -0.160. The van der Waals surface area contributed by atoms with E-state index in [0.717, 1.165) is 19.6 Å². The predicted octanol–water partition coefficient (Wildman–Crippen LogP) is 4.16. The number of hydrogen-bond donors (Lipinski definition) is 1. The lowest BCUT2D eigenvalue weighted by Crippen LogP contribution is -2.43. The highest BCUT2D eigenvalue weighted by molar-refractivity contribution is 5.33. The van der Waals surface area contributed by atoms with E-state index in [1.54, 1.807) is 0 Å². The van der Waals surface area contributed by atoms with Crippen molar-refractivity contribution < 1.29 is 4.74 Å². The Morgan fingerprint density at radius 3 is 2.32 bits per heavy atom. The minimum absolute atomic E-state index is 0.160. The minimum Gasteiger partial charge on any atom is -0.374 e. The fraction of sp³-hybridized carbons (Fsp3) is 0.647.